The first-order chi connectivity index (χ1) is 10.3. The van der Waals surface area contributed by atoms with Crippen molar-refractivity contribution < 1.29 is 4.74 Å². The van der Waals surface area contributed by atoms with Crippen molar-refractivity contribution in [2.24, 2.45) is 0 Å². The van der Waals surface area contributed by atoms with Crippen molar-refractivity contribution >= 4 is 11.6 Å². The van der Waals surface area contributed by atoms with Gasteiger partial charge in [-0.1, -0.05) is 43.0 Å². The molecule has 0 spiro atoms. The van der Waals surface area contributed by atoms with Crippen LogP contribution in [0, 0.1) is 0 Å². The van der Waals surface area contributed by atoms with Crippen LogP contribution in [-0.2, 0) is 11.3 Å². The molecule has 0 amide bonds. The minimum atomic E-state index is 0.490. The Kier molecular flexibility index (Phi) is 5.56. The summed E-state index contributed by atoms with van der Waals surface area (Å²) in [6.45, 7) is 3.30. The highest BCUT2D eigenvalue weighted by Gasteiger charge is 2.23. The van der Waals surface area contributed by atoms with E-state index in [0.717, 1.165) is 24.7 Å². The molecule has 3 heteroatoms. The van der Waals surface area contributed by atoms with E-state index >= 15 is 0 Å². The first-order valence-electron chi connectivity index (χ1n) is 8.42. The Balaban J connectivity index is 1.42. The lowest BCUT2D eigenvalue weighted by Crippen LogP contribution is -2.38. The van der Waals surface area contributed by atoms with Crippen LogP contribution in [0.15, 0.2) is 24.3 Å². The Labute approximate surface area is 133 Å². The second kappa shape index (κ2) is 7.62. The molecule has 1 aromatic carbocycles. The first kappa shape index (κ1) is 15.3. The molecular formula is C18H26ClNO. The summed E-state index contributed by atoms with van der Waals surface area (Å²) in [6, 6.07) is 8.22. The molecule has 3 rings (SSSR count). The van der Waals surface area contributed by atoms with Crippen LogP contribution in [0.1, 0.15) is 50.5 Å². The molecule has 0 unspecified atom stereocenters. The summed E-state index contributed by atoms with van der Waals surface area (Å²) < 4.78 is 6.30. The number of piperidine rings is 1. The quantitative estimate of drug-likeness (QED) is 0.802. The molecule has 0 aromatic heterocycles. The van der Waals surface area contributed by atoms with E-state index in [2.05, 4.69) is 17.0 Å². The number of nitrogens with zero attached hydrogens (tertiary/aromatic N) is 1. The predicted octanol–water partition coefficient (Wildman–Crippen LogP) is 4.65. The van der Waals surface area contributed by atoms with Crippen molar-refractivity contribution in [3.05, 3.63) is 34.9 Å². The molecule has 1 heterocycles. The molecule has 0 atom stereocenters. The fourth-order valence-electron chi connectivity index (χ4n) is 3.57. The number of hydrogen-bond acceptors (Lipinski definition) is 2. The highest BCUT2D eigenvalue weighted by molar-refractivity contribution is 6.30. The summed E-state index contributed by atoms with van der Waals surface area (Å²) in [5.41, 5.74) is 1.31. The van der Waals surface area contributed by atoms with Crippen molar-refractivity contribution in [1.29, 1.82) is 0 Å². The third-order valence-corrected chi connectivity index (χ3v) is 5.00. The van der Waals surface area contributed by atoms with Gasteiger partial charge in [0.2, 0.25) is 0 Å². The number of rotatable bonds is 4. The molecule has 1 aliphatic heterocycles. The van der Waals surface area contributed by atoms with E-state index in [1.165, 1.54) is 50.5 Å². The van der Waals surface area contributed by atoms with Crippen molar-refractivity contribution in [1.82, 2.24) is 4.90 Å². The maximum absolute atomic E-state index is 6.30. The van der Waals surface area contributed by atoms with E-state index in [1.807, 2.05) is 12.1 Å². The van der Waals surface area contributed by atoms with Gasteiger partial charge in [-0.25, -0.2) is 0 Å². The minimum absolute atomic E-state index is 0.490. The molecule has 21 heavy (non-hydrogen) atoms. The maximum atomic E-state index is 6.30. The lowest BCUT2D eigenvalue weighted by molar-refractivity contribution is -0.0565. The van der Waals surface area contributed by atoms with E-state index in [9.17, 15) is 0 Å². The Morgan fingerprint density at radius 1 is 1.00 bits per heavy atom. The lowest BCUT2D eigenvalue weighted by Gasteiger charge is -2.35. The van der Waals surface area contributed by atoms with E-state index in [4.69, 9.17) is 16.3 Å². The number of benzene rings is 1. The number of likely N-dealkylation sites (tertiary alicyclic amines) is 1. The molecule has 1 saturated carbocycles. The standard InChI is InChI=1S/C18H26ClNO/c19-16-6-4-5-15(13-16)14-20-11-9-18(10-12-20)21-17-7-2-1-3-8-17/h4-6,13,17-18H,1-3,7-12,14H2. The fraction of sp³-hybridized carbons (Fsp3) is 0.667. The molecule has 0 radical (unpaired) electrons. The molecule has 2 fully saturated rings. The molecule has 1 aliphatic carbocycles. The van der Waals surface area contributed by atoms with Gasteiger partial charge in [-0.05, 0) is 43.4 Å². The Bertz CT molecular complexity index is 437. The smallest absolute Gasteiger partial charge is 0.0603 e. The maximum Gasteiger partial charge on any atom is 0.0603 e. The number of hydrogen-bond donors (Lipinski definition) is 0. The molecular weight excluding hydrogens is 282 g/mol. The lowest BCUT2D eigenvalue weighted by atomic mass is 9.97. The van der Waals surface area contributed by atoms with Gasteiger partial charge in [-0.2, -0.15) is 0 Å². The Morgan fingerprint density at radius 3 is 2.43 bits per heavy atom. The van der Waals surface area contributed by atoms with Gasteiger partial charge in [-0.15, -0.1) is 0 Å². The van der Waals surface area contributed by atoms with E-state index in [1.54, 1.807) is 0 Å². The van der Waals surface area contributed by atoms with E-state index < -0.39 is 0 Å². The van der Waals surface area contributed by atoms with E-state index in [-0.39, 0.29) is 0 Å². The summed E-state index contributed by atoms with van der Waals surface area (Å²) in [6.07, 6.45) is 10.1. The van der Waals surface area contributed by atoms with Crippen LogP contribution in [0.4, 0.5) is 0 Å². The van der Waals surface area contributed by atoms with Gasteiger partial charge in [-0.3, -0.25) is 4.90 Å². The SMILES string of the molecule is Clc1cccc(CN2CCC(OC3CCCCC3)CC2)c1. The average molecular weight is 308 g/mol. The average Bonchev–Trinajstić information content (AvgIpc) is 2.50. The Hall–Kier alpha value is -0.570. The minimum Gasteiger partial charge on any atom is -0.375 e. The monoisotopic (exact) mass is 307 g/mol. The Morgan fingerprint density at radius 2 is 1.71 bits per heavy atom. The van der Waals surface area contributed by atoms with Crippen LogP contribution in [0.3, 0.4) is 0 Å². The van der Waals surface area contributed by atoms with Crippen LogP contribution in [0.5, 0.6) is 0 Å². The van der Waals surface area contributed by atoms with Gasteiger partial charge >= 0.3 is 0 Å². The predicted molar refractivity (Wildman–Crippen MR) is 87.7 cm³/mol. The van der Waals surface area contributed by atoms with Crippen molar-refractivity contribution in [3.63, 3.8) is 0 Å². The largest absolute Gasteiger partial charge is 0.375 e. The zero-order valence-corrected chi connectivity index (χ0v) is 13.5. The summed E-state index contributed by atoms with van der Waals surface area (Å²) in [5.74, 6) is 0. The molecule has 1 aromatic rings. The van der Waals surface area contributed by atoms with Gasteiger partial charge in [0.25, 0.3) is 0 Å². The van der Waals surface area contributed by atoms with Gasteiger partial charge in [0.1, 0.15) is 0 Å². The zero-order valence-electron chi connectivity index (χ0n) is 12.8. The van der Waals surface area contributed by atoms with Gasteiger partial charge < -0.3 is 4.74 Å². The van der Waals surface area contributed by atoms with Crippen molar-refractivity contribution in [2.45, 2.75) is 63.7 Å². The van der Waals surface area contributed by atoms with E-state index in [0.29, 0.717) is 12.2 Å². The highest BCUT2D eigenvalue weighted by Crippen LogP contribution is 2.25. The number of halogens is 1. The third-order valence-electron chi connectivity index (χ3n) is 4.77. The van der Waals surface area contributed by atoms with Crippen LogP contribution in [-0.4, -0.2) is 30.2 Å². The van der Waals surface area contributed by atoms with Crippen LogP contribution in [0.2, 0.25) is 5.02 Å². The molecule has 0 bridgehead atoms. The second-order valence-electron chi connectivity index (χ2n) is 6.50. The van der Waals surface area contributed by atoms with Crippen LogP contribution < -0.4 is 0 Å². The van der Waals surface area contributed by atoms with Crippen molar-refractivity contribution in [3.8, 4) is 0 Å². The summed E-state index contributed by atoms with van der Waals surface area (Å²) in [5, 5.41) is 0.836. The molecule has 2 nitrogen and oxygen atoms in total. The second-order valence-corrected chi connectivity index (χ2v) is 6.94. The molecule has 116 valence electrons. The molecule has 1 saturated heterocycles. The highest BCUT2D eigenvalue weighted by atomic mass is 35.5. The van der Waals surface area contributed by atoms with Gasteiger partial charge in [0.05, 0.1) is 12.2 Å². The summed E-state index contributed by atoms with van der Waals surface area (Å²) in [7, 11) is 0. The first-order valence-corrected chi connectivity index (χ1v) is 8.79. The zero-order chi connectivity index (χ0) is 14.5. The number of ether oxygens (including phenoxy) is 1. The van der Waals surface area contributed by atoms with Gasteiger partial charge in [0, 0.05) is 24.7 Å². The summed E-state index contributed by atoms with van der Waals surface area (Å²) >= 11 is 6.06. The third kappa shape index (κ3) is 4.70. The topological polar surface area (TPSA) is 12.5 Å². The van der Waals surface area contributed by atoms with Crippen LogP contribution in [0.25, 0.3) is 0 Å². The van der Waals surface area contributed by atoms with Gasteiger partial charge in [0.15, 0.2) is 0 Å². The fourth-order valence-corrected chi connectivity index (χ4v) is 3.78. The summed E-state index contributed by atoms with van der Waals surface area (Å²) in [4.78, 5) is 2.52. The van der Waals surface area contributed by atoms with Crippen LogP contribution >= 0.6 is 11.6 Å². The van der Waals surface area contributed by atoms with Crippen molar-refractivity contribution in [2.75, 3.05) is 13.1 Å². The molecule has 0 N–H and O–H groups in total. The normalized spacial score (nSPS) is 22.5. The molecule has 2 aliphatic rings.